The Morgan fingerprint density at radius 3 is 2.50 bits per heavy atom. The van der Waals surface area contributed by atoms with Gasteiger partial charge in [0.25, 0.3) is 5.56 Å². The van der Waals surface area contributed by atoms with Crippen LogP contribution in [-0.2, 0) is 12.6 Å². The molecule has 0 saturated heterocycles. The number of fused-ring (bicyclic) bond motifs is 1. The van der Waals surface area contributed by atoms with Crippen LogP contribution in [0.4, 0.5) is 17.6 Å². The Labute approximate surface area is 200 Å². The van der Waals surface area contributed by atoms with E-state index in [0.717, 1.165) is 23.8 Å². The van der Waals surface area contributed by atoms with Crippen LogP contribution in [0.2, 0.25) is 0 Å². The molecule has 0 bridgehead atoms. The van der Waals surface area contributed by atoms with Gasteiger partial charge in [0.2, 0.25) is 0 Å². The number of hydrogen-bond donors (Lipinski definition) is 1. The fraction of sp³-hybridized carbons (Fsp3) is 0.261. The summed E-state index contributed by atoms with van der Waals surface area (Å²) in [6.07, 6.45) is -4.95. The largest absolute Gasteiger partial charge is 0.416 e. The van der Waals surface area contributed by atoms with E-state index in [1.807, 2.05) is 52.9 Å². The third-order valence-corrected chi connectivity index (χ3v) is 8.26. The summed E-state index contributed by atoms with van der Waals surface area (Å²) >= 11 is 3.29. The zero-order valence-electron chi connectivity index (χ0n) is 16.9. The predicted molar refractivity (Wildman–Crippen MR) is 125 cm³/mol. The van der Waals surface area contributed by atoms with Gasteiger partial charge in [-0.3, -0.25) is 9.36 Å². The van der Waals surface area contributed by atoms with Crippen molar-refractivity contribution < 1.29 is 17.6 Å². The van der Waals surface area contributed by atoms with Gasteiger partial charge in [-0.1, -0.05) is 36.4 Å². The van der Waals surface area contributed by atoms with Gasteiger partial charge in [0, 0.05) is 17.7 Å². The van der Waals surface area contributed by atoms with Gasteiger partial charge in [0.05, 0.1) is 26.2 Å². The van der Waals surface area contributed by atoms with Crippen LogP contribution in [0.3, 0.4) is 0 Å². The fourth-order valence-electron chi connectivity index (χ4n) is 4.04. The van der Waals surface area contributed by atoms with Crippen LogP contribution >= 0.6 is 34.4 Å². The molecule has 0 saturated carbocycles. The van der Waals surface area contributed by atoms with Crippen LogP contribution in [-0.4, -0.2) is 10.3 Å². The van der Waals surface area contributed by atoms with Gasteiger partial charge in [-0.2, -0.15) is 13.2 Å². The molecule has 9 heteroatoms. The highest BCUT2D eigenvalue weighted by molar-refractivity contribution is 14.1. The van der Waals surface area contributed by atoms with Crippen LogP contribution in [0.15, 0.2) is 58.4 Å². The van der Waals surface area contributed by atoms with E-state index in [-0.39, 0.29) is 18.0 Å². The number of nitrogens with zero attached hydrogens (tertiary/aromatic N) is 1. The van der Waals surface area contributed by atoms with Crippen molar-refractivity contribution in [2.45, 2.75) is 36.6 Å². The molecule has 0 radical (unpaired) electrons. The van der Waals surface area contributed by atoms with E-state index in [0.29, 0.717) is 25.5 Å². The first-order chi connectivity index (χ1) is 15.1. The van der Waals surface area contributed by atoms with Gasteiger partial charge in [-0.05, 0) is 58.3 Å². The van der Waals surface area contributed by atoms with E-state index in [9.17, 15) is 22.4 Å². The molecule has 1 aliphatic rings. The summed E-state index contributed by atoms with van der Waals surface area (Å²) in [4.78, 5) is 13.2. The van der Waals surface area contributed by atoms with E-state index in [2.05, 4.69) is 0 Å². The topological polar surface area (TPSA) is 48.0 Å². The minimum Gasteiger partial charge on any atom is -0.322 e. The van der Waals surface area contributed by atoms with Crippen molar-refractivity contribution in [3.8, 4) is 0 Å². The SMILES string of the molecule is Cc1c(Cc2c(F)cccc2C(F)(F)F)c2n(c(=O)c1I)C(C(N)c1ccccc1)CS2. The van der Waals surface area contributed by atoms with Gasteiger partial charge in [0.1, 0.15) is 5.82 Å². The van der Waals surface area contributed by atoms with E-state index in [1.54, 1.807) is 11.5 Å². The highest BCUT2D eigenvalue weighted by Crippen LogP contribution is 2.43. The van der Waals surface area contributed by atoms with Crippen molar-refractivity contribution in [3.05, 3.63) is 96.1 Å². The lowest BCUT2D eigenvalue weighted by Gasteiger charge is -2.24. The summed E-state index contributed by atoms with van der Waals surface area (Å²) in [5.41, 5.74) is 6.80. The summed E-state index contributed by atoms with van der Waals surface area (Å²) in [5, 5.41) is 0.556. The zero-order chi connectivity index (χ0) is 23.2. The van der Waals surface area contributed by atoms with Crippen LogP contribution in [0.25, 0.3) is 0 Å². The Bertz CT molecular complexity index is 1230. The normalized spacial score (nSPS) is 16.8. The van der Waals surface area contributed by atoms with E-state index < -0.39 is 29.2 Å². The number of rotatable bonds is 4. The highest BCUT2D eigenvalue weighted by atomic mass is 127. The zero-order valence-corrected chi connectivity index (χ0v) is 19.9. The highest BCUT2D eigenvalue weighted by Gasteiger charge is 2.37. The Kier molecular flexibility index (Phi) is 6.43. The molecule has 0 aliphatic carbocycles. The fourth-order valence-corrected chi connectivity index (χ4v) is 6.07. The first kappa shape index (κ1) is 23.3. The lowest BCUT2D eigenvalue weighted by Crippen LogP contribution is -2.33. The molecule has 32 heavy (non-hydrogen) atoms. The quantitative estimate of drug-likeness (QED) is 0.314. The van der Waals surface area contributed by atoms with Crippen molar-refractivity contribution in [3.63, 3.8) is 0 Å². The number of aromatic nitrogens is 1. The standard InChI is InChI=1S/C23H19F4IN2OS/c1-12-14(10-15-16(23(25,26)27)8-5-9-17(15)24)22-30(21(31)19(12)28)18(11-32-22)20(29)13-6-3-2-4-7-13/h2-9,18,20H,10-11,29H2,1H3. The first-order valence-corrected chi connectivity index (χ1v) is 11.9. The molecule has 2 unspecified atom stereocenters. The molecular formula is C23H19F4IN2OS. The van der Waals surface area contributed by atoms with E-state index >= 15 is 0 Å². The predicted octanol–water partition coefficient (Wildman–Crippen LogP) is 5.86. The Morgan fingerprint density at radius 1 is 1.16 bits per heavy atom. The van der Waals surface area contributed by atoms with Crippen molar-refractivity contribution in [2.75, 3.05) is 5.75 Å². The summed E-state index contributed by atoms with van der Waals surface area (Å²) < 4.78 is 57.2. The Hall–Kier alpha value is -1.85. The van der Waals surface area contributed by atoms with E-state index in [1.165, 1.54) is 11.8 Å². The van der Waals surface area contributed by atoms with Crippen LogP contribution in [0.1, 0.15) is 39.9 Å². The third-order valence-electron chi connectivity index (χ3n) is 5.76. The van der Waals surface area contributed by atoms with Gasteiger partial charge < -0.3 is 5.73 Å². The molecule has 3 nitrogen and oxygen atoms in total. The minimum atomic E-state index is -4.68. The summed E-state index contributed by atoms with van der Waals surface area (Å²) in [6.45, 7) is 1.69. The number of pyridine rings is 1. The number of benzene rings is 2. The monoisotopic (exact) mass is 574 g/mol. The smallest absolute Gasteiger partial charge is 0.322 e. The van der Waals surface area contributed by atoms with Gasteiger partial charge in [-0.15, -0.1) is 11.8 Å². The molecule has 0 spiro atoms. The molecule has 168 valence electrons. The molecule has 2 N–H and O–H groups in total. The van der Waals surface area contributed by atoms with Crippen molar-refractivity contribution in [1.82, 2.24) is 4.57 Å². The summed E-state index contributed by atoms with van der Waals surface area (Å²) in [6, 6.07) is 11.5. The van der Waals surface area contributed by atoms with Crippen LogP contribution < -0.4 is 11.3 Å². The third kappa shape index (κ3) is 4.10. The second-order valence-electron chi connectivity index (χ2n) is 7.65. The number of nitrogens with two attached hydrogens (primary N) is 1. The van der Waals surface area contributed by atoms with Gasteiger partial charge in [-0.25, -0.2) is 4.39 Å². The average molecular weight is 574 g/mol. The van der Waals surface area contributed by atoms with Gasteiger partial charge in [0.15, 0.2) is 0 Å². The number of thioether (sulfide) groups is 1. The van der Waals surface area contributed by atoms with Crippen molar-refractivity contribution in [1.29, 1.82) is 0 Å². The molecule has 2 aromatic carbocycles. The van der Waals surface area contributed by atoms with Crippen molar-refractivity contribution in [2.24, 2.45) is 5.73 Å². The van der Waals surface area contributed by atoms with Crippen LogP contribution in [0.5, 0.6) is 0 Å². The second kappa shape index (κ2) is 8.83. The lowest BCUT2D eigenvalue weighted by atomic mass is 9.96. The Balaban J connectivity index is 1.85. The lowest BCUT2D eigenvalue weighted by molar-refractivity contribution is -0.138. The maximum absolute atomic E-state index is 14.6. The summed E-state index contributed by atoms with van der Waals surface area (Å²) in [7, 11) is 0. The minimum absolute atomic E-state index is 0.229. The van der Waals surface area contributed by atoms with E-state index in [4.69, 9.17) is 5.73 Å². The number of halogens is 5. The van der Waals surface area contributed by atoms with Crippen molar-refractivity contribution >= 4 is 34.4 Å². The average Bonchev–Trinajstić information content (AvgIpc) is 3.20. The molecular weight excluding hydrogens is 555 g/mol. The number of hydrogen-bond acceptors (Lipinski definition) is 3. The Morgan fingerprint density at radius 2 is 1.84 bits per heavy atom. The maximum Gasteiger partial charge on any atom is 0.416 e. The number of alkyl halides is 3. The van der Waals surface area contributed by atoms with Crippen LogP contribution in [0, 0.1) is 16.3 Å². The maximum atomic E-state index is 14.6. The van der Waals surface area contributed by atoms with Gasteiger partial charge >= 0.3 is 6.18 Å². The molecule has 2 heterocycles. The molecule has 1 aliphatic heterocycles. The molecule has 3 aromatic rings. The molecule has 0 amide bonds. The molecule has 4 rings (SSSR count). The second-order valence-corrected chi connectivity index (χ2v) is 9.74. The summed E-state index contributed by atoms with van der Waals surface area (Å²) in [5.74, 6) is -0.416. The molecule has 0 fully saturated rings. The first-order valence-electron chi connectivity index (χ1n) is 9.82. The molecule has 1 aromatic heterocycles. The molecule has 2 atom stereocenters.